The quantitative estimate of drug-likeness (QED) is 0.533. The van der Waals surface area contributed by atoms with Crippen LogP contribution in [-0.2, 0) is 9.53 Å². The number of hydrogen-bond donors (Lipinski definition) is 3. The van der Waals surface area contributed by atoms with Gasteiger partial charge in [-0.1, -0.05) is 12.1 Å². The topological polar surface area (TPSA) is 73.8 Å². The van der Waals surface area contributed by atoms with Gasteiger partial charge in [0.15, 0.2) is 5.11 Å². The zero-order valence-corrected chi connectivity index (χ0v) is 15.2. The number of halogens is 3. The third-order valence-corrected chi connectivity index (χ3v) is 4.34. The number of nitrogens with one attached hydrogen (secondary N) is 2. The highest BCUT2D eigenvalue weighted by atomic mass is 32.1. The molecule has 0 bridgehead atoms. The van der Waals surface area contributed by atoms with E-state index in [0.717, 1.165) is 5.69 Å². The van der Waals surface area contributed by atoms with Crippen molar-refractivity contribution < 1.29 is 27.8 Å². The SMILES string of the molecule is CCOC(=O)[C@@H]1[C@@H](c2ccc(N(C)C)cc2)NC(=S)N[C@@]1(O)C(F)(F)F. The Kier molecular flexibility index (Phi) is 5.67. The van der Waals surface area contributed by atoms with Crippen molar-refractivity contribution in [2.75, 3.05) is 25.6 Å². The van der Waals surface area contributed by atoms with Gasteiger partial charge in [0, 0.05) is 19.8 Å². The van der Waals surface area contributed by atoms with Crippen molar-refractivity contribution in [3.63, 3.8) is 0 Å². The highest BCUT2D eigenvalue weighted by Crippen LogP contribution is 2.43. The number of esters is 1. The second-order valence-corrected chi connectivity index (χ2v) is 6.46. The summed E-state index contributed by atoms with van der Waals surface area (Å²) in [6.45, 7) is 1.35. The molecule has 6 nitrogen and oxygen atoms in total. The molecule has 1 aromatic rings. The van der Waals surface area contributed by atoms with Gasteiger partial charge in [-0.25, -0.2) is 0 Å². The lowest BCUT2D eigenvalue weighted by Gasteiger charge is -2.45. The molecule has 1 heterocycles. The van der Waals surface area contributed by atoms with E-state index in [1.165, 1.54) is 6.92 Å². The van der Waals surface area contributed by atoms with Crippen molar-refractivity contribution in [1.82, 2.24) is 10.6 Å². The predicted octanol–water partition coefficient (Wildman–Crippen LogP) is 1.70. The Balaban J connectivity index is 2.52. The third kappa shape index (κ3) is 3.70. The molecule has 1 aliphatic rings. The van der Waals surface area contributed by atoms with Crippen molar-refractivity contribution in [3.8, 4) is 0 Å². The van der Waals surface area contributed by atoms with Crippen molar-refractivity contribution in [3.05, 3.63) is 29.8 Å². The second-order valence-electron chi connectivity index (χ2n) is 6.06. The monoisotopic (exact) mass is 391 g/mol. The molecular weight excluding hydrogens is 371 g/mol. The van der Waals surface area contributed by atoms with Crippen LogP contribution in [-0.4, -0.2) is 48.8 Å². The van der Waals surface area contributed by atoms with Gasteiger partial charge in [-0.15, -0.1) is 0 Å². The molecule has 144 valence electrons. The molecule has 1 fully saturated rings. The van der Waals surface area contributed by atoms with Crippen molar-refractivity contribution in [2.24, 2.45) is 5.92 Å². The molecule has 0 unspecified atom stereocenters. The Labute approximate surface area is 154 Å². The summed E-state index contributed by atoms with van der Waals surface area (Å²) in [6.07, 6.45) is -5.15. The van der Waals surface area contributed by atoms with E-state index < -0.39 is 34.9 Å². The Bertz CT molecular complexity index is 682. The predicted molar refractivity (Wildman–Crippen MR) is 93.5 cm³/mol. The van der Waals surface area contributed by atoms with Crippen LogP contribution in [0.3, 0.4) is 0 Å². The van der Waals surface area contributed by atoms with Crippen LogP contribution < -0.4 is 15.5 Å². The van der Waals surface area contributed by atoms with Gasteiger partial charge in [0.25, 0.3) is 5.72 Å². The van der Waals surface area contributed by atoms with E-state index in [9.17, 15) is 23.1 Å². The van der Waals surface area contributed by atoms with Crippen LogP contribution in [0.15, 0.2) is 24.3 Å². The number of ether oxygens (including phenoxy) is 1. The zero-order valence-electron chi connectivity index (χ0n) is 14.4. The number of carbonyl (C=O) groups excluding carboxylic acids is 1. The molecule has 0 spiro atoms. The first-order valence-electron chi connectivity index (χ1n) is 7.83. The molecule has 0 aromatic heterocycles. The fraction of sp³-hybridized carbons (Fsp3) is 0.500. The number of aliphatic hydroxyl groups is 1. The van der Waals surface area contributed by atoms with Crippen molar-refractivity contribution in [1.29, 1.82) is 0 Å². The number of thiocarbonyl (C=S) groups is 1. The average molecular weight is 391 g/mol. The first kappa shape index (κ1) is 20.2. The molecule has 0 saturated carbocycles. The molecule has 2 rings (SSSR count). The largest absolute Gasteiger partial charge is 0.466 e. The van der Waals surface area contributed by atoms with Crippen LogP contribution in [0.4, 0.5) is 18.9 Å². The summed E-state index contributed by atoms with van der Waals surface area (Å²) in [5, 5.41) is 14.4. The van der Waals surface area contributed by atoms with Gasteiger partial charge in [0.2, 0.25) is 0 Å². The average Bonchev–Trinajstić information content (AvgIpc) is 2.53. The zero-order chi connectivity index (χ0) is 19.7. The maximum Gasteiger partial charge on any atom is 0.437 e. The van der Waals surface area contributed by atoms with E-state index in [-0.39, 0.29) is 6.61 Å². The van der Waals surface area contributed by atoms with Gasteiger partial charge >= 0.3 is 12.1 Å². The third-order valence-electron chi connectivity index (χ3n) is 4.12. The highest BCUT2D eigenvalue weighted by molar-refractivity contribution is 7.80. The lowest BCUT2D eigenvalue weighted by molar-refractivity contribution is -0.292. The summed E-state index contributed by atoms with van der Waals surface area (Å²) in [5.74, 6) is -3.17. The minimum Gasteiger partial charge on any atom is -0.466 e. The summed E-state index contributed by atoms with van der Waals surface area (Å²) in [5.41, 5.74) is -2.36. The summed E-state index contributed by atoms with van der Waals surface area (Å²) < 4.78 is 45.6. The lowest BCUT2D eigenvalue weighted by atomic mass is 9.82. The lowest BCUT2D eigenvalue weighted by Crippen LogP contribution is -2.73. The van der Waals surface area contributed by atoms with E-state index >= 15 is 0 Å². The Hall–Kier alpha value is -2.07. The molecule has 1 aliphatic heterocycles. The molecule has 0 aliphatic carbocycles. The summed E-state index contributed by atoms with van der Waals surface area (Å²) in [7, 11) is 3.63. The van der Waals surface area contributed by atoms with Crippen LogP contribution in [0.5, 0.6) is 0 Å². The number of nitrogens with zero attached hydrogens (tertiary/aromatic N) is 1. The minimum absolute atomic E-state index is 0.125. The normalized spacial score (nSPS) is 25.9. The van der Waals surface area contributed by atoms with E-state index in [1.807, 2.05) is 19.0 Å². The first-order valence-corrected chi connectivity index (χ1v) is 8.23. The first-order chi connectivity index (χ1) is 12.0. The molecule has 1 aromatic carbocycles. The number of anilines is 1. The van der Waals surface area contributed by atoms with Crippen molar-refractivity contribution in [2.45, 2.75) is 24.9 Å². The van der Waals surface area contributed by atoms with Gasteiger partial charge in [-0.3, -0.25) is 4.79 Å². The summed E-state index contributed by atoms with van der Waals surface area (Å²) in [4.78, 5) is 14.1. The molecule has 3 N–H and O–H groups in total. The number of benzene rings is 1. The Morgan fingerprint density at radius 2 is 1.92 bits per heavy atom. The number of alkyl halides is 3. The molecule has 0 amide bonds. The van der Waals surface area contributed by atoms with E-state index in [4.69, 9.17) is 17.0 Å². The Morgan fingerprint density at radius 3 is 2.38 bits per heavy atom. The summed E-state index contributed by atoms with van der Waals surface area (Å²) >= 11 is 4.83. The number of hydrogen-bond acceptors (Lipinski definition) is 5. The maximum atomic E-state index is 13.6. The van der Waals surface area contributed by atoms with Gasteiger partial charge in [-0.05, 0) is 36.8 Å². The molecule has 10 heteroatoms. The van der Waals surface area contributed by atoms with Gasteiger partial charge in [0.05, 0.1) is 12.6 Å². The van der Waals surface area contributed by atoms with Crippen LogP contribution >= 0.6 is 12.2 Å². The molecule has 3 atom stereocenters. The fourth-order valence-corrected chi connectivity index (χ4v) is 3.08. The Morgan fingerprint density at radius 1 is 1.35 bits per heavy atom. The molecular formula is C16H20F3N3O3S. The van der Waals surface area contributed by atoms with Crippen molar-refractivity contribution >= 4 is 29.0 Å². The molecule has 1 saturated heterocycles. The number of rotatable bonds is 4. The van der Waals surface area contributed by atoms with Gasteiger partial charge < -0.3 is 25.4 Å². The van der Waals surface area contributed by atoms with Crippen LogP contribution in [0.1, 0.15) is 18.5 Å². The van der Waals surface area contributed by atoms with Gasteiger partial charge in [0.1, 0.15) is 5.92 Å². The van der Waals surface area contributed by atoms with E-state index in [2.05, 4.69) is 5.32 Å². The van der Waals surface area contributed by atoms with E-state index in [1.54, 1.807) is 29.6 Å². The number of carbonyl (C=O) groups is 1. The summed E-state index contributed by atoms with van der Waals surface area (Å²) in [6, 6.07) is 5.31. The highest BCUT2D eigenvalue weighted by Gasteiger charge is 2.66. The molecule has 26 heavy (non-hydrogen) atoms. The van der Waals surface area contributed by atoms with Crippen LogP contribution in [0, 0.1) is 5.92 Å². The van der Waals surface area contributed by atoms with Crippen LogP contribution in [0.2, 0.25) is 0 Å². The minimum atomic E-state index is -5.15. The maximum absolute atomic E-state index is 13.6. The smallest absolute Gasteiger partial charge is 0.437 e. The second kappa shape index (κ2) is 7.28. The van der Waals surface area contributed by atoms with E-state index in [0.29, 0.717) is 5.56 Å². The van der Waals surface area contributed by atoms with Gasteiger partial charge in [-0.2, -0.15) is 13.2 Å². The fourth-order valence-electron chi connectivity index (χ4n) is 2.79. The molecule has 0 radical (unpaired) electrons. The standard InChI is InChI=1S/C16H20F3N3O3S/c1-4-25-13(23)11-12(9-5-7-10(8-6-9)22(2)3)20-14(26)21-15(11,24)16(17,18)19/h5-8,11-12,24H,4H2,1-3H3,(H2,20,21,26)/t11-,12+,15-/m0/s1. The van der Waals surface area contributed by atoms with Crippen LogP contribution in [0.25, 0.3) is 0 Å².